The summed E-state index contributed by atoms with van der Waals surface area (Å²) in [5.74, 6) is 0.314. The highest BCUT2D eigenvalue weighted by molar-refractivity contribution is 7.20. The Hall–Kier alpha value is -6.61. The van der Waals surface area contributed by atoms with E-state index in [1.54, 1.807) is 23.5 Å². The average molecular weight is 1110 g/mol. The maximum Gasteiger partial charge on any atom is 0.416 e. The van der Waals surface area contributed by atoms with Gasteiger partial charge in [0, 0.05) is 11.6 Å². The van der Waals surface area contributed by atoms with Crippen molar-refractivity contribution in [2.24, 2.45) is 0 Å². The van der Waals surface area contributed by atoms with E-state index in [-0.39, 0.29) is 0 Å². The number of alkyl halides is 24. The molecule has 0 aliphatic heterocycles. The van der Waals surface area contributed by atoms with Gasteiger partial charge in [-0.3, -0.25) is 0 Å². The first-order valence-corrected chi connectivity index (χ1v) is 21.0. The van der Waals surface area contributed by atoms with Crippen molar-refractivity contribution < 1.29 is 115 Å². The predicted molar refractivity (Wildman–Crippen MR) is 219 cm³/mol. The Labute approximate surface area is 402 Å². The third-order valence-corrected chi connectivity index (χ3v) is 12.2. The van der Waals surface area contributed by atoms with Crippen molar-refractivity contribution in [1.82, 2.24) is 0 Å². The predicted octanol–water partition coefficient (Wildman–Crippen LogP) is 14.2. The third-order valence-electron chi connectivity index (χ3n) is 11.2. The monoisotopic (exact) mass is 1110 g/mol. The molecule has 1 N–H and O–H groups in total. The third kappa shape index (κ3) is 12.5. The Balaban J connectivity index is 0.000000436. The van der Waals surface area contributed by atoms with E-state index in [1.807, 2.05) is 12.1 Å². The number of fused-ring (bicyclic) bond motifs is 1. The van der Waals surface area contributed by atoms with Crippen LogP contribution in [0.25, 0.3) is 10.2 Å². The second-order valence-electron chi connectivity index (χ2n) is 16.2. The fourth-order valence-corrected chi connectivity index (χ4v) is 8.85. The summed E-state index contributed by atoms with van der Waals surface area (Å²) in [4.78, 5) is 0. The molecule has 2 nitrogen and oxygen atoms in total. The van der Waals surface area contributed by atoms with Gasteiger partial charge in [0.2, 0.25) is 11.0 Å². The molecule has 74 heavy (non-hydrogen) atoms. The molecule has 0 spiro atoms. The highest BCUT2D eigenvalue weighted by Crippen LogP contribution is 2.41. The van der Waals surface area contributed by atoms with Crippen LogP contribution in [0.5, 0.6) is 5.75 Å². The van der Waals surface area contributed by atoms with E-state index in [1.165, 1.54) is 15.8 Å². The second-order valence-corrected chi connectivity index (χ2v) is 17.1. The lowest BCUT2D eigenvalue weighted by Gasteiger charge is -2.46. The summed E-state index contributed by atoms with van der Waals surface area (Å²) in [6, 6.07) is 6.93. The quantitative estimate of drug-likeness (QED) is 0.100. The Kier molecular flexibility index (Phi) is 14.8. The van der Waals surface area contributed by atoms with Gasteiger partial charge in [-0.25, -0.2) is 0 Å². The van der Waals surface area contributed by atoms with Crippen LogP contribution in [0.3, 0.4) is 0 Å². The molecular formula is C46H24BF24NOS. The van der Waals surface area contributed by atoms with E-state index >= 15 is 0 Å². The number of aromatic nitrogens is 1. The minimum Gasteiger partial charge on any atom is -0.508 e. The molecule has 0 radical (unpaired) electrons. The number of hydrogen-bond donors (Lipinski definition) is 1. The lowest BCUT2D eigenvalue weighted by molar-refractivity contribution is -0.658. The Bertz CT molecular complexity index is 2720. The number of benzene rings is 6. The maximum absolute atomic E-state index is 14.2. The molecule has 0 amide bonds. The maximum atomic E-state index is 14.2. The van der Waals surface area contributed by atoms with Gasteiger partial charge in [-0.05, 0) is 54.6 Å². The molecule has 0 fully saturated rings. The molecule has 7 rings (SSSR count). The first-order valence-electron chi connectivity index (χ1n) is 20.1. The van der Waals surface area contributed by atoms with Crippen molar-refractivity contribution in [2.75, 3.05) is 0 Å². The number of para-hydroxylation sites is 1. The van der Waals surface area contributed by atoms with Crippen molar-refractivity contribution in [3.05, 3.63) is 177 Å². The molecular weight excluding hydrogens is 1080 g/mol. The molecule has 0 bridgehead atoms. The zero-order chi connectivity index (χ0) is 55.6. The van der Waals surface area contributed by atoms with Crippen molar-refractivity contribution >= 4 is 49.6 Å². The standard InChI is InChI=1S/C32H12BF24.C14H11NOS/c34-25(35,36)13-1-14(26(37,38)39)6-21(5-13)33(22-7-15(27(40,41)42)2-16(8-22)28(43,44)45,23-9-17(29(46,47)48)3-18(10-23)30(49,50)51)24-11-19(31(52,53)54)4-20(12-24)32(55,56)57;16-12-7-5-11(6-8-12)9-15-10-17-14-4-2-1-3-13(14)15/h1-12H;1-8,10H,9H2/q-1;/p+1. The van der Waals surface area contributed by atoms with Gasteiger partial charge < -0.3 is 5.11 Å². The molecule has 0 atom stereocenters. The van der Waals surface area contributed by atoms with Crippen molar-refractivity contribution in [1.29, 1.82) is 0 Å². The molecule has 0 saturated carbocycles. The fraction of sp³-hybridized carbons (Fsp3) is 0.196. The van der Waals surface area contributed by atoms with Crippen molar-refractivity contribution in [2.45, 2.75) is 56.0 Å². The topological polar surface area (TPSA) is 24.1 Å². The molecule has 0 aliphatic carbocycles. The van der Waals surface area contributed by atoms with Gasteiger partial charge in [0.05, 0.1) is 44.5 Å². The van der Waals surface area contributed by atoms with Crippen molar-refractivity contribution in [3.63, 3.8) is 0 Å². The summed E-state index contributed by atoms with van der Waals surface area (Å²) in [5.41, 5.74) is -25.6. The highest BCUT2D eigenvalue weighted by Gasteiger charge is 2.47. The minimum absolute atomic E-state index is 0.314. The second kappa shape index (κ2) is 19.3. The Morgan fingerprint density at radius 3 is 0.865 bits per heavy atom. The van der Waals surface area contributed by atoms with Crippen LogP contribution in [-0.4, -0.2) is 11.3 Å². The molecule has 396 valence electrons. The first-order chi connectivity index (χ1) is 33.6. The summed E-state index contributed by atoms with van der Waals surface area (Å²) in [7, 11) is 0. The molecule has 0 unspecified atom stereocenters. The van der Waals surface area contributed by atoms with Gasteiger partial charge in [0.25, 0.3) is 0 Å². The number of aromatic hydroxyl groups is 1. The molecule has 0 aliphatic rings. The normalized spacial score (nSPS) is 13.5. The van der Waals surface area contributed by atoms with Crippen LogP contribution in [-0.2, 0) is 56.0 Å². The molecule has 28 heteroatoms. The van der Waals surface area contributed by atoms with Crippen LogP contribution < -0.4 is 26.4 Å². The van der Waals surface area contributed by atoms with Crippen LogP contribution in [0.4, 0.5) is 105 Å². The van der Waals surface area contributed by atoms with Gasteiger partial charge >= 0.3 is 49.4 Å². The lowest BCUT2D eigenvalue weighted by atomic mass is 9.12. The molecule has 6 aromatic carbocycles. The number of rotatable bonds is 6. The minimum atomic E-state index is -6.13. The summed E-state index contributed by atoms with van der Waals surface area (Å²) < 4.78 is 344. The number of thiazole rings is 1. The Morgan fingerprint density at radius 1 is 0.351 bits per heavy atom. The fourth-order valence-electron chi connectivity index (χ4n) is 7.96. The molecule has 1 heterocycles. The Morgan fingerprint density at radius 2 is 0.608 bits per heavy atom. The number of nitrogens with zero attached hydrogens (tertiary/aromatic N) is 1. The zero-order valence-electron chi connectivity index (χ0n) is 35.8. The molecule has 7 aromatic rings. The number of halogens is 24. The van der Waals surface area contributed by atoms with Crippen LogP contribution in [0, 0.1) is 0 Å². The van der Waals surface area contributed by atoms with Gasteiger partial charge in [-0.2, -0.15) is 132 Å². The van der Waals surface area contributed by atoms with E-state index in [0.717, 1.165) is 6.54 Å². The van der Waals surface area contributed by atoms with Gasteiger partial charge in [-0.15, -0.1) is 0 Å². The van der Waals surface area contributed by atoms with Gasteiger partial charge in [-0.1, -0.05) is 72.0 Å². The molecule has 0 saturated heterocycles. The van der Waals surface area contributed by atoms with Gasteiger partial charge in [0.15, 0.2) is 6.54 Å². The summed E-state index contributed by atoms with van der Waals surface area (Å²) >= 11 is 1.75. The van der Waals surface area contributed by atoms with E-state index in [9.17, 15) is 110 Å². The lowest BCUT2D eigenvalue weighted by Crippen LogP contribution is -2.75. The van der Waals surface area contributed by atoms with Crippen LogP contribution in [0.2, 0.25) is 0 Å². The van der Waals surface area contributed by atoms with Crippen LogP contribution in [0.15, 0.2) is 127 Å². The smallest absolute Gasteiger partial charge is 0.416 e. The van der Waals surface area contributed by atoms with E-state index in [4.69, 9.17) is 0 Å². The van der Waals surface area contributed by atoms with Crippen molar-refractivity contribution in [3.8, 4) is 5.75 Å². The van der Waals surface area contributed by atoms with Crippen LogP contribution >= 0.6 is 11.3 Å². The van der Waals surface area contributed by atoms with E-state index in [2.05, 4.69) is 34.3 Å². The number of hydrogen-bond acceptors (Lipinski definition) is 2. The summed E-state index contributed by atoms with van der Waals surface area (Å²) in [6.07, 6.45) is -54.8. The van der Waals surface area contributed by atoms with E-state index in [0.29, 0.717) is 5.75 Å². The average Bonchev–Trinajstić information content (AvgIpc) is 3.67. The van der Waals surface area contributed by atoms with Gasteiger partial charge in [0.1, 0.15) is 16.6 Å². The summed E-state index contributed by atoms with van der Waals surface area (Å²) in [6.45, 7) is 0.838. The first kappa shape index (κ1) is 56.7. The number of phenolic OH excluding ortho intramolecular Hbond substituents is 1. The largest absolute Gasteiger partial charge is 0.508 e. The molecule has 1 aromatic heterocycles. The zero-order valence-corrected chi connectivity index (χ0v) is 36.6. The number of phenols is 1. The van der Waals surface area contributed by atoms with Crippen LogP contribution in [0.1, 0.15) is 50.1 Å². The SMILES string of the molecule is FC(F)(F)c1cc([B-](c2cc(C(F)(F)F)cc(C(F)(F)F)c2)(c2cc(C(F)(F)F)cc(C(F)(F)F)c2)c2cc(C(F)(F)F)cc(C(F)(F)F)c2)cc(C(F)(F)F)c1.Oc1ccc(C[n+]2csc3ccccc32)cc1. The summed E-state index contributed by atoms with van der Waals surface area (Å²) in [5, 5.41) is 9.25. The highest BCUT2D eigenvalue weighted by atomic mass is 32.1. The van der Waals surface area contributed by atoms with E-state index < -0.39 is 195 Å².